The van der Waals surface area contributed by atoms with Crippen molar-refractivity contribution in [3.63, 3.8) is 0 Å². The molecule has 0 unspecified atom stereocenters. The number of nitrogens with one attached hydrogen (secondary N) is 1. The number of allylic oxidation sites excluding steroid dienone is 2. The number of hydrogen-bond acceptors (Lipinski definition) is 3. The molecule has 0 saturated heterocycles. The van der Waals surface area contributed by atoms with E-state index >= 15 is 0 Å². The maximum atomic E-state index is 11.6. The molecule has 0 radical (unpaired) electrons. The highest BCUT2D eigenvalue weighted by Gasteiger charge is 2.24. The molecule has 1 aliphatic rings. The molecule has 90 valence electrons. The number of carbonyl (C=O) groups is 1. The van der Waals surface area contributed by atoms with Crippen LogP contribution in [0.25, 0.3) is 0 Å². The summed E-state index contributed by atoms with van der Waals surface area (Å²) in [4.78, 5) is 11.6. The quantitative estimate of drug-likeness (QED) is 0.699. The monoisotopic (exact) mass is 223 g/mol. The van der Waals surface area contributed by atoms with Crippen LogP contribution < -0.4 is 5.32 Å². The lowest BCUT2D eigenvalue weighted by Gasteiger charge is -2.22. The first kappa shape index (κ1) is 13.0. The number of hydrogen-bond donors (Lipinski definition) is 1. The third-order valence-electron chi connectivity index (χ3n) is 3.07. The van der Waals surface area contributed by atoms with Crippen LogP contribution in [0.2, 0.25) is 0 Å². The Morgan fingerprint density at radius 3 is 2.56 bits per heavy atom. The molecule has 1 aliphatic carbocycles. The van der Waals surface area contributed by atoms with E-state index in [1.54, 1.807) is 0 Å². The van der Waals surface area contributed by atoms with Gasteiger partial charge in [-0.2, -0.15) is 0 Å². The maximum absolute atomic E-state index is 11.6. The highest BCUT2D eigenvalue weighted by molar-refractivity contribution is 5.75. The first-order chi connectivity index (χ1) is 7.69. The minimum absolute atomic E-state index is 0.166. The molecule has 0 amide bonds. The summed E-state index contributed by atoms with van der Waals surface area (Å²) in [5.74, 6) is 0.526. The fraction of sp³-hybridized carbons (Fsp3) is 0.615. The average molecular weight is 223 g/mol. The summed E-state index contributed by atoms with van der Waals surface area (Å²) < 4.78 is 4.81. The second-order valence-electron chi connectivity index (χ2n) is 4.23. The summed E-state index contributed by atoms with van der Waals surface area (Å²) in [5, 5.41) is 3.29. The molecule has 16 heavy (non-hydrogen) atoms. The first-order valence-electron chi connectivity index (χ1n) is 5.85. The molecule has 0 aromatic heterocycles. The van der Waals surface area contributed by atoms with E-state index in [0.717, 1.165) is 13.0 Å². The van der Waals surface area contributed by atoms with Crippen molar-refractivity contribution < 1.29 is 9.53 Å². The summed E-state index contributed by atoms with van der Waals surface area (Å²) in [5.41, 5.74) is 0. The third-order valence-corrected chi connectivity index (χ3v) is 3.07. The fourth-order valence-corrected chi connectivity index (χ4v) is 1.76. The molecular formula is C13H21NO2. The van der Waals surface area contributed by atoms with Gasteiger partial charge in [-0.25, -0.2) is 0 Å². The molecular weight excluding hydrogens is 202 g/mol. The van der Waals surface area contributed by atoms with Gasteiger partial charge in [0, 0.05) is 12.5 Å². The predicted molar refractivity (Wildman–Crippen MR) is 65.0 cm³/mol. The van der Waals surface area contributed by atoms with Crippen molar-refractivity contribution in [2.24, 2.45) is 11.8 Å². The molecule has 0 aromatic rings. The van der Waals surface area contributed by atoms with Gasteiger partial charge in [-0.05, 0) is 5.92 Å². The zero-order valence-electron chi connectivity index (χ0n) is 10.3. The second-order valence-corrected chi connectivity index (χ2v) is 4.23. The summed E-state index contributed by atoms with van der Waals surface area (Å²) >= 11 is 0. The second kappa shape index (κ2) is 6.48. The fourth-order valence-electron chi connectivity index (χ4n) is 1.76. The number of carbonyl (C=O) groups excluding carboxylic acids is 1. The van der Waals surface area contributed by atoms with Crippen molar-refractivity contribution in [1.82, 2.24) is 5.32 Å². The molecule has 3 heteroatoms. The Morgan fingerprint density at radius 2 is 2.06 bits per heavy atom. The summed E-state index contributed by atoms with van der Waals surface area (Å²) in [7, 11) is 1.44. The highest BCUT2D eigenvalue weighted by atomic mass is 16.5. The molecule has 1 N–H and O–H groups in total. The van der Waals surface area contributed by atoms with Crippen LogP contribution in [0.5, 0.6) is 0 Å². The Balaban J connectivity index is 2.46. The zero-order valence-corrected chi connectivity index (χ0v) is 10.3. The molecule has 0 spiro atoms. The smallest absolute Gasteiger partial charge is 0.323 e. The van der Waals surface area contributed by atoms with E-state index < -0.39 is 0 Å². The largest absolute Gasteiger partial charge is 0.468 e. The molecule has 0 saturated carbocycles. The van der Waals surface area contributed by atoms with E-state index in [0.29, 0.717) is 11.8 Å². The van der Waals surface area contributed by atoms with Crippen molar-refractivity contribution in [2.45, 2.75) is 26.3 Å². The van der Waals surface area contributed by atoms with E-state index in [9.17, 15) is 4.79 Å². The Morgan fingerprint density at radius 1 is 1.44 bits per heavy atom. The lowest BCUT2D eigenvalue weighted by molar-refractivity contribution is -0.144. The molecule has 0 aliphatic heterocycles. The van der Waals surface area contributed by atoms with Crippen LogP contribution in [0.1, 0.15) is 20.3 Å². The molecule has 1 rings (SSSR count). The molecule has 0 bridgehead atoms. The first-order valence-corrected chi connectivity index (χ1v) is 5.85. The molecule has 2 atom stereocenters. The van der Waals surface area contributed by atoms with Crippen LogP contribution in [-0.2, 0) is 9.53 Å². The van der Waals surface area contributed by atoms with E-state index in [4.69, 9.17) is 4.74 Å². The Bertz CT molecular complexity index is 272. The molecule has 0 heterocycles. The van der Waals surface area contributed by atoms with Gasteiger partial charge in [0.1, 0.15) is 6.04 Å². The molecule has 0 aromatic carbocycles. The van der Waals surface area contributed by atoms with Crippen LogP contribution in [-0.4, -0.2) is 25.7 Å². The minimum atomic E-state index is -0.197. The molecule has 3 nitrogen and oxygen atoms in total. The topological polar surface area (TPSA) is 38.3 Å². The van der Waals surface area contributed by atoms with Gasteiger partial charge < -0.3 is 10.1 Å². The van der Waals surface area contributed by atoms with E-state index in [1.807, 2.05) is 12.2 Å². The third kappa shape index (κ3) is 3.49. The van der Waals surface area contributed by atoms with Crippen LogP contribution >= 0.6 is 0 Å². The lowest BCUT2D eigenvalue weighted by atomic mass is 9.98. The highest BCUT2D eigenvalue weighted by Crippen LogP contribution is 2.12. The van der Waals surface area contributed by atoms with Crippen LogP contribution in [0, 0.1) is 11.8 Å². The van der Waals surface area contributed by atoms with Crippen molar-refractivity contribution in [3.8, 4) is 0 Å². The summed E-state index contributed by atoms with van der Waals surface area (Å²) in [6.07, 6.45) is 9.27. The van der Waals surface area contributed by atoms with Crippen molar-refractivity contribution in [1.29, 1.82) is 0 Å². The summed E-state index contributed by atoms with van der Waals surface area (Å²) in [6.45, 7) is 4.93. The van der Waals surface area contributed by atoms with Gasteiger partial charge >= 0.3 is 5.97 Å². The maximum Gasteiger partial charge on any atom is 0.323 e. The van der Waals surface area contributed by atoms with Gasteiger partial charge in [0.2, 0.25) is 0 Å². The van der Waals surface area contributed by atoms with Gasteiger partial charge in [-0.3, -0.25) is 4.79 Å². The summed E-state index contributed by atoms with van der Waals surface area (Å²) in [6, 6.07) is -0.197. The molecule has 0 fully saturated rings. The van der Waals surface area contributed by atoms with E-state index in [1.165, 1.54) is 7.11 Å². The van der Waals surface area contributed by atoms with E-state index in [-0.39, 0.29) is 12.0 Å². The van der Waals surface area contributed by atoms with Gasteiger partial charge in [0.15, 0.2) is 0 Å². The number of rotatable bonds is 6. The van der Waals surface area contributed by atoms with Crippen LogP contribution in [0.4, 0.5) is 0 Å². The predicted octanol–water partition coefficient (Wildman–Crippen LogP) is 1.91. The van der Waals surface area contributed by atoms with Gasteiger partial charge in [-0.1, -0.05) is 44.6 Å². The standard InChI is InChI=1S/C13H21NO2/c1-4-10(2)12(13(15)16-3)14-9-11-7-5-6-8-11/h5-8,10-12,14H,4,9H2,1-3H3/t10-,12-/m0/s1. The van der Waals surface area contributed by atoms with Crippen LogP contribution in [0.15, 0.2) is 24.3 Å². The van der Waals surface area contributed by atoms with Gasteiger partial charge in [0.25, 0.3) is 0 Å². The Hall–Kier alpha value is -1.09. The zero-order chi connectivity index (χ0) is 12.0. The van der Waals surface area contributed by atoms with Crippen molar-refractivity contribution in [3.05, 3.63) is 24.3 Å². The Labute approximate surface area is 97.6 Å². The number of methoxy groups -OCH3 is 1. The van der Waals surface area contributed by atoms with Crippen LogP contribution in [0.3, 0.4) is 0 Å². The minimum Gasteiger partial charge on any atom is -0.468 e. The number of esters is 1. The van der Waals surface area contributed by atoms with Gasteiger partial charge in [0.05, 0.1) is 7.11 Å². The van der Waals surface area contributed by atoms with Gasteiger partial charge in [-0.15, -0.1) is 0 Å². The normalized spacial score (nSPS) is 18.7. The van der Waals surface area contributed by atoms with Crippen molar-refractivity contribution in [2.75, 3.05) is 13.7 Å². The lowest BCUT2D eigenvalue weighted by Crippen LogP contribution is -2.44. The average Bonchev–Trinajstić information content (AvgIpc) is 2.81. The van der Waals surface area contributed by atoms with E-state index in [2.05, 4.69) is 31.3 Å². The number of ether oxygens (including phenoxy) is 1. The Kier molecular flexibility index (Phi) is 5.26. The SMILES string of the molecule is CC[C@H](C)[C@H](NCC1C=CC=C1)C(=O)OC. The van der Waals surface area contributed by atoms with Crippen molar-refractivity contribution >= 4 is 5.97 Å².